The largest absolute Gasteiger partial charge is 0.490 e. The summed E-state index contributed by atoms with van der Waals surface area (Å²) in [7, 11) is -35.5. The molecule has 0 atom stereocenters. The van der Waals surface area contributed by atoms with E-state index in [4.69, 9.17) is 62.7 Å². The summed E-state index contributed by atoms with van der Waals surface area (Å²) >= 11 is 0. The van der Waals surface area contributed by atoms with E-state index in [1.165, 1.54) is 76.5 Å². The number of amides is 4. The Bertz CT molecular complexity index is 5690. The van der Waals surface area contributed by atoms with Crippen LogP contribution in [0.2, 0.25) is 0 Å². The number of nitrogens with zero attached hydrogens (tertiary/aromatic N) is 8. The molecule has 14 N–H and O–H groups in total. The standard InChI is InChI=1S/C78H115N13O40S8/c1-3-5-19-81-75(92)59-48-69(129-54-61-51-90(88-86-61)23-8-21-83-77(94)57-44-65(122-27-11-35-133(99,100)101)72(127-32-16-40-138(114,115)116)66(45-57)123-28-12-36-134(102,103)104)74(131-53-60(85-79)50-80-18-7-20-82-76(93)56-42-63(120-25-6-4-2)71(126-31-15-39-137(111,112)113)64(43-56)121-26-10-34-132(96,97)98)70(49-59)130-55-62-52-91(89-87-62)24-9-22-84-78(95)58-46-67(124-29-13-37-135(105,106)107)73(128-33-17-41-139(117,118)119)68(47-58)125-30-14-38-136(108,109)110/h42-52H,3-41,53-55,79H2,1-2H3,(H,81,92)(H,82,93)(H,83,94)(H,84,95)(H,96,97,98)(H,99,100,101)(H,102,103,104)(H,105,106,107)(H,108,109,110)(H,111,112,113)(H,114,115,116)(H,117,118,119). The quantitative estimate of drug-likeness (QED) is 0.00857. The molecule has 0 unspecified atom stereocenters. The highest BCUT2D eigenvalue weighted by Gasteiger charge is 2.28. The highest BCUT2D eigenvalue weighted by molar-refractivity contribution is 7.87. The van der Waals surface area contributed by atoms with E-state index in [0.717, 1.165) is 0 Å². The SMILES string of the molecule is CCCCNC(=O)c1cc(OCc2cn(CCCNC(=O)c3cc(OCCCS(=O)(=O)O)c(OCCCS(=O)(=O)O)c(OCCCS(=O)(=O)O)c3)nn2)c(OCC(C=NCCCNC(=O)c2cc(OCCCC)c(OCCCS(=O)(=O)O)c(OCCCS(=O)(=O)O)c2)=NN)c(OCc2cn(CCCNC(=O)c3cc(OCCCS(=O)(=O)O)c(OCCCS(=O)(=O)O)c(OCCCS(=O)(=O)O)c3)nn2)c1. The van der Waals surface area contributed by atoms with Gasteiger partial charge >= 0.3 is 0 Å². The lowest BCUT2D eigenvalue weighted by Crippen LogP contribution is -2.25. The number of nitrogens with two attached hydrogens (primary N) is 1. The minimum atomic E-state index is -4.45. The number of carbonyl (C=O) groups excluding carboxylic acids is 4. The Kier molecular flexibility index (Phi) is 48.5. The molecule has 2 aromatic heterocycles. The van der Waals surface area contributed by atoms with Gasteiger partial charge in [-0.1, -0.05) is 37.1 Å². The summed E-state index contributed by atoms with van der Waals surface area (Å²) in [5.74, 6) is -4.48. The average molecular weight is 2130 g/mol. The van der Waals surface area contributed by atoms with Gasteiger partial charge in [0.25, 0.3) is 105 Å². The molecule has 780 valence electrons. The van der Waals surface area contributed by atoms with Crippen molar-refractivity contribution in [3.8, 4) is 69.0 Å². The lowest BCUT2D eigenvalue weighted by molar-refractivity contribution is 0.0943. The van der Waals surface area contributed by atoms with E-state index in [0.29, 0.717) is 25.7 Å². The van der Waals surface area contributed by atoms with Crippen LogP contribution in [0.25, 0.3) is 0 Å². The van der Waals surface area contributed by atoms with Gasteiger partial charge in [0.15, 0.2) is 46.0 Å². The molecule has 0 saturated heterocycles. The van der Waals surface area contributed by atoms with E-state index in [9.17, 15) is 123 Å². The van der Waals surface area contributed by atoms with Crippen LogP contribution in [0.3, 0.4) is 0 Å². The van der Waals surface area contributed by atoms with Gasteiger partial charge < -0.3 is 84.0 Å². The van der Waals surface area contributed by atoms with E-state index in [-0.39, 0.29) is 258 Å². The second-order valence-electron chi connectivity index (χ2n) is 30.2. The zero-order valence-corrected chi connectivity index (χ0v) is 82.1. The predicted octanol–water partition coefficient (Wildman–Crippen LogP) is 3.21. The lowest BCUT2D eigenvalue weighted by atomic mass is 10.1. The number of aromatic nitrogens is 6. The highest BCUT2D eigenvalue weighted by Crippen LogP contribution is 2.44. The van der Waals surface area contributed by atoms with Gasteiger partial charge in [-0.05, 0) is 132 Å². The number of benzene rings is 4. The molecule has 0 aliphatic rings. The monoisotopic (exact) mass is 2130 g/mol. The number of hydrogen-bond acceptors (Lipinski definition) is 39. The molecule has 0 bridgehead atoms. The second kappa shape index (κ2) is 57.7. The Hall–Kier alpha value is -10.9. The van der Waals surface area contributed by atoms with Crippen LogP contribution in [-0.4, -0.2) is 314 Å². The average Bonchev–Trinajstić information content (AvgIpc) is 1.77. The topological polar surface area (TPSA) is 774 Å². The molecular formula is C78H115N13O40S8. The van der Waals surface area contributed by atoms with Crippen molar-refractivity contribution >= 4 is 117 Å². The molecule has 6 aromatic rings. The van der Waals surface area contributed by atoms with E-state index < -0.39 is 197 Å². The van der Waals surface area contributed by atoms with Gasteiger partial charge in [0.2, 0.25) is 23.0 Å². The number of hydrogen-bond donors (Lipinski definition) is 13. The number of hydrazone groups is 1. The van der Waals surface area contributed by atoms with Gasteiger partial charge in [-0.2, -0.15) is 72.4 Å². The Morgan fingerprint density at radius 3 is 0.827 bits per heavy atom. The molecule has 4 amide bonds. The number of rotatable bonds is 73. The van der Waals surface area contributed by atoms with Gasteiger partial charge in [0, 0.05) is 74.3 Å². The van der Waals surface area contributed by atoms with Gasteiger partial charge in [-0.25, -0.2) is 0 Å². The summed E-state index contributed by atoms with van der Waals surface area (Å²) in [6, 6.07) is 10.1. The van der Waals surface area contributed by atoms with Crippen LogP contribution < -0.4 is 84.0 Å². The maximum absolute atomic E-state index is 14.1. The Balaban J connectivity index is 1.25. The van der Waals surface area contributed by atoms with E-state index in [2.05, 4.69) is 52.0 Å². The third kappa shape index (κ3) is 49.2. The molecule has 61 heteroatoms. The fourth-order valence-corrected chi connectivity index (χ4v) is 15.6. The molecule has 0 aliphatic carbocycles. The van der Waals surface area contributed by atoms with E-state index in [1.807, 2.05) is 13.8 Å². The van der Waals surface area contributed by atoms with Gasteiger partial charge in [0.1, 0.15) is 36.9 Å². The number of aliphatic imine (C=N–C) groups is 1. The minimum absolute atomic E-state index is 0.000766. The first-order chi connectivity index (χ1) is 65.4. The Labute approximate surface area is 803 Å². The molecule has 6 rings (SSSR count). The summed E-state index contributed by atoms with van der Waals surface area (Å²) in [6.07, 6.45) is 5.39. The molecule has 2 heterocycles. The van der Waals surface area contributed by atoms with Crippen LogP contribution in [-0.2, 0) is 107 Å². The fraction of sp³-hybridized carbons (Fsp3) is 0.564. The zero-order valence-electron chi connectivity index (χ0n) is 75.6. The van der Waals surface area contributed by atoms with Gasteiger partial charge in [-0.3, -0.25) is 70.0 Å². The van der Waals surface area contributed by atoms with E-state index in [1.54, 1.807) is 0 Å². The number of unbranched alkanes of at least 4 members (excludes halogenated alkanes) is 2. The van der Waals surface area contributed by atoms with Crippen LogP contribution in [0, 0.1) is 0 Å². The maximum atomic E-state index is 14.1. The van der Waals surface area contributed by atoms with Crippen molar-refractivity contribution in [3.63, 3.8) is 0 Å². The molecule has 0 aliphatic heterocycles. The van der Waals surface area contributed by atoms with Crippen molar-refractivity contribution in [2.24, 2.45) is 15.9 Å². The Morgan fingerprint density at radius 1 is 0.331 bits per heavy atom. The summed E-state index contributed by atoms with van der Waals surface area (Å²) < 4.78 is 333. The molecule has 0 saturated carbocycles. The normalized spacial score (nSPS) is 12.3. The number of aryl methyl sites for hydroxylation is 2. The first-order valence-electron chi connectivity index (χ1n) is 43.0. The molecule has 139 heavy (non-hydrogen) atoms. The molecule has 0 spiro atoms. The van der Waals surface area contributed by atoms with Crippen LogP contribution in [0.4, 0.5) is 0 Å². The maximum Gasteiger partial charge on any atom is 0.264 e. The predicted molar refractivity (Wildman–Crippen MR) is 496 cm³/mol. The van der Waals surface area contributed by atoms with Crippen molar-refractivity contribution in [1.29, 1.82) is 0 Å². The molecule has 0 radical (unpaired) electrons. The van der Waals surface area contributed by atoms with Crippen molar-refractivity contribution < 1.29 is 180 Å². The Morgan fingerprint density at radius 2 is 0.568 bits per heavy atom. The van der Waals surface area contributed by atoms with Gasteiger partial charge in [-0.15, -0.1) is 10.2 Å². The number of nitrogens with one attached hydrogen (secondary N) is 4. The van der Waals surface area contributed by atoms with Crippen LogP contribution >= 0.6 is 0 Å². The fourth-order valence-electron chi connectivity index (χ4n) is 11.7. The summed E-state index contributed by atoms with van der Waals surface area (Å²) in [5.41, 5.74) is 0.125. The summed E-state index contributed by atoms with van der Waals surface area (Å²) in [5, 5.41) is 31.8. The third-order valence-electron chi connectivity index (χ3n) is 18.2. The van der Waals surface area contributed by atoms with Crippen molar-refractivity contribution in [2.75, 3.05) is 145 Å². The van der Waals surface area contributed by atoms with E-state index >= 15 is 0 Å². The summed E-state index contributed by atoms with van der Waals surface area (Å²) in [6.45, 7) is 0.234. The first-order valence-corrected chi connectivity index (χ1v) is 55.9. The van der Waals surface area contributed by atoms with Crippen molar-refractivity contribution in [3.05, 3.63) is 94.6 Å². The second-order valence-corrected chi connectivity index (χ2v) is 42.8. The van der Waals surface area contributed by atoms with Crippen molar-refractivity contribution in [2.45, 2.75) is 136 Å². The lowest BCUT2D eigenvalue weighted by Gasteiger charge is -2.19. The zero-order chi connectivity index (χ0) is 102. The number of carbonyl (C=O) groups is 4. The first kappa shape index (κ1) is 117. The summed E-state index contributed by atoms with van der Waals surface area (Å²) in [4.78, 5) is 60.1. The molecule has 4 aromatic carbocycles. The molecule has 0 fully saturated rings. The molecule has 53 nitrogen and oxygen atoms in total. The van der Waals surface area contributed by atoms with Crippen LogP contribution in [0.15, 0.2) is 71.0 Å². The highest BCUT2D eigenvalue weighted by atomic mass is 32.2. The van der Waals surface area contributed by atoms with Gasteiger partial charge in [0.05, 0.1) is 118 Å². The third-order valence-corrected chi connectivity index (χ3v) is 24.7. The number of ether oxygens (including phenoxy) is 12. The molecular weight excluding hydrogens is 2020 g/mol. The van der Waals surface area contributed by atoms with Crippen LogP contribution in [0.1, 0.15) is 163 Å². The van der Waals surface area contributed by atoms with Crippen LogP contribution in [0.5, 0.6) is 69.0 Å². The van der Waals surface area contributed by atoms with Crippen molar-refractivity contribution in [1.82, 2.24) is 51.3 Å². The smallest absolute Gasteiger partial charge is 0.264 e. The minimum Gasteiger partial charge on any atom is -0.490 e.